The van der Waals surface area contributed by atoms with E-state index in [1.807, 2.05) is 47.2 Å². The maximum Gasteiger partial charge on any atom is 0.315 e. The molecule has 0 bridgehead atoms. The fourth-order valence-corrected chi connectivity index (χ4v) is 4.80. The number of rotatable bonds is 12. The summed E-state index contributed by atoms with van der Waals surface area (Å²) in [6.45, 7) is 3.40. The first-order valence-electron chi connectivity index (χ1n) is 11.2. The number of esters is 1. The third-order valence-corrected chi connectivity index (χ3v) is 6.59. The number of nitrogens with zero attached hydrogens (tertiary/aromatic N) is 1. The van der Waals surface area contributed by atoms with Crippen LogP contribution in [0.15, 0.2) is 41.3 Å². The van der Waals surface area contributed by atoms with Crippen molar-refractivity contribution in [2.75, 3.05) is 12.9 Å². The van der Waals surface area contributed by atoms with Crippen LogP contribution in [0.3, 0.4) is 0 Å². The molecule has 0 amide bonds. The third-order valence-electron chi connectivity index (χ3n) is 5.84. The van der Waals surface area contributed by atoms with Crippen LogP contribution < -0.4 is 0 Å². The number of aromatic nitrogens is 1. The van der Waals surface area contributed by atoms with Crippen molar-refractivity contribution in [3.05, 3.63) is 53.3 Å². The zero-order valence-corrected chi connectivity index (χ0v) is 19.0. The van der Waals surface area contributed by atoms with E-state index in [0.29, 0.717) is 30.8 Å². The van der Waals surface area contributed by atoms with Crippen LogP contribution in [0, 0.1) is 0 Å². The van der Waals surface area contributed by atoms with Gasteiger partial charge in [0.25, 0.3) is 0 Å². The number of ether oxygens (including phenoxy) is 1. The molecule has 1 atom stereocenters. The topological polar surface area (TPSA) is 48.3 Å². The molecule has 162 valence electrons. The van der Waals surface area contributed by atoms with Gasteiger partial charge in [-0.2, -0.15) is 0 Å². The van der Waals surface area contributed by atoms with Gasteiger partial charge in [-0.1, -0.05) is 75.8 Å². The van der Waals surface area contributed by atoms with Crippen molar-refractivity contribution in [1.82, 2.24) is 4.57 Å². The number of carbonyl (C=O) groups excluding carboxylic acids is 2. The lowest BCUT2D eigenvalue weighted by Crippen LogP contribution is -2.14. The second-order valence-corrected chi connectivity index (χ2v) is 8.81. The zero-order valence-electron chi connectivity index (χ0n) is 18.2. The van der Waals surface area contributed by atoms with Gasteiger partial charge in [0.1, 0.15) is 5.69 Å². The lowest BCUT2D eigenvalue weighted by atomic mass is 10.1. The summed E-state index contributed by atoms with van der Waals surface area (Å²) < 4.78 is 7.62. The summed E-state index contributed by atoms with van der Waals surface area (Å²) in [5.41, 5.74) is 2.30. The predicted octanol–water partition coefficient (Wildman–Crippen LogP) is 6.22. The lowest BCUT2D eigenvalue weighted by molar-refractivity contribution is -0.145. The predicted molar refractivity (Wildman–Crippen MR) is 122 cm³/mol. The first-order valence-corrected chi connectivity index (χ1v) is 12.4. The largest absolute Gasteiger partial charge is 0.465 e. The second-order valence-electron chi connectivity index (χ2n) is 7.96. The highest BCUT2D eigenvalue weighted by Gasteiger charge is 2.35. The Morgan fingerprint density at radius 3 is 2.47 bits per heavy atom. The van der Waals surface area contributed by atoms with Gasteiger partial charge in [-0.3, -0.25) is 9.59 Å². The molecule has 0 N–H and O–H groups in total. The van der Waals surface area contributed by atoms with Crippen molar-refractivity contribution in [3.8, 4) is 0 Å². The minimum atomic E-state index is -0.266. The van der Waals surface area contributed by atoms with Crippen molar-refractivity contribution in [2.45, 2.75) is 75.6 Å². The molecular formula is C25H33NO3S. The van der Waals surface area contributed by atoms with Crippen LogP contribution in [-0.2, 0) is 16.1 Å². The molecule has 4 nitrogen and oxygen atoms in total. The fourth-order valence-electron chi connectivity index (χ4n) is 4.17. The van der Waals surface area contributed by atoms with Gasteiger partial charge in [-0.05, 0) is 25.2 Å². The average molecular weight is 428 g/mol. The number of thioether (sulfide) groups is 1. The van der Waals surface area contributed by atoms with Crippen LogP contribution in [0.2, 0.25) is 0 Å². The Morgan fingerprint density at radius 2 is 1.77 bits per heavy atom. The van der Waals surface area contributed by atoms with Crippen molar-refractivity contribution in [3.63, 3.8) is 0 Å². The summed E-state index contributed by atoms with van der Waals surface area (Å²) in [5, 5.41) is 0. The number of benzene rings is 1. The van der Waals surface area contributed by atoms with E-state index >= 15 is 0 Å². The van der Waals surface area contributed by atoms with Crippen LogP contribution in [0.5, 0.6) is 0 Å². The molecule has 1 aromatic carbocycles. The lowest BCUT2D eigenvalue weighted by Gasteiger charge is -2.10. The molecule has 0 aliphatic carbocycles. The molecule has 0 saturated heterocycles. The van der Waals surface area contributed by atoms with Gasteiger partial charge >= 0.3 is 5.97 Å². The molecule has 2 heterocycles. The minimum absolute atomic E-state index is 0.0169. The van der Waals surface area contributed by atoms with Crippen molar-refractivity contribution >= 4 is 23.5 Å². The Balaban J connectivity index is 1.59. The minimum Gasteiger partial charge on any atom is -0.465 e. The first kappa shape index (κ1) is 22.7. The highest BCUT2D eigenvalue weighted by Crippen LogP contribution is 2.37. The van der Waals surface area contributed by atoms with Gasteiger partial charge in [0.2, 0.25) is 5.78 Å². The summed E-state index contributed by atoms with van der Waals surface area (Å²) in [6.07, 6.45) is 11.1. The molecule has 0 spiro atoms. The molecule has 30 heavy (non-hydrogen) atoms. The Labute approximate surface area is 184 Å². The van der Waals surface area contributed by atoms with E-state index in [2.05, 4.69) is 6.92 Å². The van der Waals surface area contributed by atoms with Crippen LogP contribution in [0.1, 0.15) is 86.0 Å². The van der Waals surface area contributed by atoms with Crippen LogP contribution in [-0.4, -0.2) is 29.2 Å². The molecule has 1 aliphatic heterocycles. The van der Waals surface area contributed by atoms with Crippen molar-refractivity contribution in [1.29, 1.82) is 0 Å². The Morgan fingerprint density at radius 1 is 1.07 bits per heavy atom. The molecule has 1 aliphatic rings. The summed E-state index contributed by atoms with van der Waals surface area (Å²) >= 11 is 1.56. The zero-order chi connectivity index (χ0) is 21.3. The number of hydrogen-bond donors (Lipinski definition) is 0. The molecule has 2 aromatic rings. The Bertz CT molecular complexity index is 844. The maximum atomic E-state index is 13.1. The molecule has 1 unspecified atom stereocenters. The molecular weight excluding hydrogens is 394 g/mol. The van der Waals surface area contributed by atoms with Gasteiger partial charge in [0, 0.05) is 22.7 Å². The first-order chi connectivity index (χ1) is 14.7. The van der Waals surface area contributed by atoms with Gasteiger partial charge < -0.3 is 9.30 Å². The maximum absolute atomic E-state index is 13.1. The number of ketones is 1. The fraction of sp³-hybridized carbons (Fsp3) is 0.520. The van der Waals surface area contributed by atoms with E-state index in [1.54, 1.807) is 11.8 Å². The van der Waals surface area contributed by atoms with E-state index in [1.165, 1.54) is 32.1 Å². The van der Waals surface area contributed by atoms with Gasteiger partial charge in [0.15, 0.2) is 0 Å². The molecule has 0 saturated carbocycles. The van der Waals surface area contributed by atoms with Gasteiger partial charge in [-0.25, -0.2) is 0 Å². The van der Waals surface area contributed by atoms with Crippen LogP contribution in [0.4, 0.5) is 0 Å². The van der Waals surface area contributed by atoms with Crippen LogP contribution in [0.25, 0.3) is 0 Å². The number of fused-ring (bicyclic) bond motifs is 1. The Kier molecular flexibility index (Phi) is 8.61. The van der Waals surface area contributed by atoms with E-state index in [4.69, 9.17) is 4.74 Å². The van der Waals surface area contributed by atoms with Gasteiger partial charge in [-0.15, -0.1) is 11.8 Å². The van der Waals surface area contributed by atoms with E-state index in [0.717, 1.165) is 23.4 Å². The standard InChI is InChI=1S/C25H33NO3S/c1-3-4-5-6-7-8-12-17-29-25(28)20-15-16-26-21(20)18-22(30-2)23(26)24(27)19-13-10-9-11-14-19/h9-11,13-14,18,20H,3-8,12,15-17H2,1-2H3. The summed E-state index contributed by atoms with van der Waals surface area (Å²) in [7, 11) is 0. The highest BCUT2D eigenvalue weighted by molar-refractivity contribution is 7.98. The molecule has 3 rings (SSSR count). The molecule has 1 aromatic heterocycles. The number of hydrogen-bond acceptors (Lipinski definition) is 4. The summed E-state index contributed by atoms with van der Waals surface area (Å²) in [5.74, 6) is -0.398. The summed E-state index contributed by atoms with van der Waals surface area (Å²) in [4.78, 5) is 26.7. The smallest absolute Gasteiger partial charge is 0.315 e. The van der Waals surface area contributed by atoms with E-state index in [9.17, 15) is 9.59 Å². The highest BCUT2D eigenvalue weighted by atomic mass is 32.2. The number of carbonyl (C=O) groups is 2. The summed E-state index contributed by atoms with van der Waals surface area (Å²) in [6, 6.07) is 11.4. The third kappa shape index (κ3) is 5.37. The Hall–Kier alpha value is -2.01. The van der Waals surface area contributed by atoms with E-state index in [-0.39, 0.29) is 17.7 Å². The average Bonchev–Trinajstić information content (AvgIpc) is 3.34. The second kappa shape index (κ2) is 11.4. The SMILES string of the molecule is CCCCCCCCCOC(=O)C1CCn2c1cc(SC)c2C(=O)c1ccccc1. The number of unbranched alkanes of at least 4 members (excludes halogenated alkanes) is 6. The molecule has 0 radical (unpaired) electrons. The van der Waals surface area contributed by atoms with Crippen LogP contribution >= 0.6 is 11.8 Å². The monoisotopic (exact) mass is 427 g/mol. The normalized spacial score (nSPS) is 15.2. The van der Waals surface area contributed by atoms with Crippen molar-refractivity contribution in [2.24, 2.45) is 0 Å². The quantitative estimate of drug-likeness (QED) is 0.175. The molecule has 0 fully saturated rings. The van der Waals surface area contributed by atoms with Crippen molar-refractivity contribution < 1.29 is 14.3 Å². The van der Waals surface area contributed by atoms with Gasteiger partial charge in [0.05, 0.1) is 12.5 Å². The molecule has 5 heteroatoms. The van der Waals surface area contributed by atoms with E-state index < -0.39 is 0 Å².